The first kappa shape index (κ1) is 15.8. The van der Waals surface area contributed by atoms with Gasteiger partial charge >= 0.3 is 5.63 Å². The van der Waals surface area contributed by atoms with E-state index < -0.39 is 0 Å². The van der Waals surface area contributed by atoms with E-state index in [0.717, 1.165) is 58.4 Å². The van der Waals surface area contributed by atoms with Crippen molar-refractivity contribution < 1.29 is 13.9 Å². The first-order valence-corrected chi connectivity index (χ1v) is 8.51. The normalized spacial score (nSPS) is 13.0. The SMILES string of the molecule is COc1ccc(COc2ccc3c4c(c(=O)oc3c2C)CCC4)cc1. The third-order valence-electron chi connectivity index (χ3n) is 4.89. The number of methoxy groups -OCH3 is 1. The van der Waals surface area contributed by atoms with Gasteiger partial charge in [-0.05, 0) is 61.6 Å². The Bertz CT molecular complexity index is 983. The Balaban J connectivity index is 1.65. The van der Waals surface area contributed by atoms with Crippen LogP contribution in [0.5, 0.6) is 11.5 Å². The molecule has 0 fully saturated rings. The molecule has 0 unspecified atom stereocenters. The molecule has 0 amide bonds. The second-order valence-electron chi connectivity index (χ2n) is 6.40. The second kappa shape index (κ2) is 6.28. The quantitative estimate of drug-likeness (QED) is 0.671. The van der Waals surface area contributed by atoms with Gasteiger partial charge < -0.3 is 13.9 Å². The molecule has 0 spiro atoms. The predicted molar refractivity (Wildman–Crippen MR) is 96.6 cm³/mol. The van der Waals surface area contributed by atoms with E-state index in [1.165, 1.54) is 0 Å². The maximum absolute atomic E-state index is 12.2. The lowest BCUT2D eigenvalue weighted by atomic mass is 10.0. The number of hydrogen-bond donors (Lipinski definition) is 0. The molecule has 2 aromatic carbocycles. The molecular formula is C21H20O4. The third kappa shape index (κ3) is 2.78. The van der Waals surface area contributed by atoms with E-state index in [1.54, 1.807) is 7.11 Å². The van der Waals surface area contributed by atoms with Crippen LogP contribution in [0.1, 0.15) is 28.7 Å². The summed E-state index contributed by atoms with van der Waals surface area (Å²) in [7, 11) is 1.65. The van der Waals surface area contributed by atoms with Gasteiger partial charge in [0.05, 0.1) is 7.11 Å². The highest BCUT2D eigenvalue weighted by molar-refractivity contribution is 5.86. The molecule has 25 heavy (non-hydrogen) atoms. The lowest BCUT2D eigenvalue weighted by molar-refractivity contribution is 0.303. The number of fused-ring (bicyclic) bond motifs is 3. The van der Waals surface area contributed by atoms with E-state index in [1.807, 2.05) is 43.3 Å². The lowest BCUT2D eigenvalue weighted by Gasteiger charge is -2.12. The maximum Gasteiger partial charge on any atom is 0.339 e. The summed E-state index contributed by atoms with van der Waals surface area (Å²) in [6.07, 6.45) is 2.79. The fourth-order valence-corrected chi connectivity index (χ4v) is 3.50. The highest BCUT2D eigenvalue weighted by Crippen LogP contribution is 2.33. The largest absolute Gasteiger partial charge is 0.497 e. The Kier molecular flexibility index (Phi) is 3.96. The fraction of sp³-hybridized carbons (Fsp3) is 0.286. The first-order valence-electron chi connectivity index (χ1n) is 8.51. The molecule has 4 nitrogen and oxygen atoms in total. The number of aryl methyl sites for hydroxylation is 2. The van der Waals surface area contributed by atoms with Gasteiger partial charge in [0.25, 0.3) is 0 Å². The monoisotopic (exact) mass is 336 g/mol. The summed E-state index contributed by atoms with van der Waals surface area (Å²) in [5.41, 5.74) is 4.37. The van der Waals surface area contributed by atoms with Crippen molar-refractivity contribution in [2.75, 3.05) is 7.11 Å². The van der Waals surface area contributed by atoms with Crippen LogP contribution >= 0.6 is 0 Å². The molecular weight excluding hydrogens is 316 g/mol. The van der Waals surface area contributed by atoms with Gasteiger partial charge in [-0.25, -0.2) is 4.79 Å². The molecule has 0 atom stereocenters. The smallest absolute Gasteiger partial charge is 0.339 e. The Hall–Kier alpha value is -2.75. The molecule has 3 aromatic rings. The Morgan fingerprint density at radius 3 is 2.56 bits per heavy atom. The van der Waals surface area contributed by atoms with Crippen molar-refractivity contribution >= 4 is 11.0 Å². The molecule has 0 saturated heterocycles. The molecule has 1 aliphatic rings. The summed E-state index contributed by atoms with van der Waals surface area (Å²) >= 11 is 0. The number of hydrogen-bond acceptors (Lipinski definition) is 4. The predicted octanol–water partition coefficient (Wildman–Crippen LogP) is 4.18. The van der Waals surface area contributed by atoms with Gasteiger partial charge in [-0.2, -0.15) is 0 Å². The number of rotatable bonds is 4. The van der Waals surface area contributed by atoms with E-state index in [-0.39, 0.29) is 5.63 Å². The summed E-state index contributed by atoms with van der Waals surface area (Å²) in [5, 5.41) is 1.04. The summed E-state index contributed by atoms with van der Waals surface area (Å²) in [4.78, 5) is 12.2. The summed E-state index contributed by atoms with van der Waals surface area (Å²) in [5.74, 6) is 1.56. The molecule has 0 saturated carbocycles. The molecule has 4 rings (SSSR count). The minimum atomic E-state index is -0.199. The number of ether oxygens (including phenoxy) is 2. The van der Waals surface area contributed by atoms with Crippen LogP contribution in [0.4, 0.5) is 0 Å². The average Bonchev–Trinajstić information content (AvgIpc) is 3.13. The zero-order chi connectivity index (χ0) is 17.4. The first-order chi connectivity index (χ1) is 12.2. The van der Waals surface area contributed by atoms with Gasteiger partial charge in [0.2, 0.25) is 0 Å². The van der Waals surface area contributed by atoms with Crippen LogP contribution in [0.15, 0.2) is 45.6 Å². The van der Waals surface area contributed by atoms with Gasteiger partial charge in [-0.1, -0.05) is 12.1 Å². The number of benzene rings is 2. The van der Waals surface area contributed by atoms with E-state index in [0.29, 0.717) is 12.2 Å². The minimum absolute atomic E-state index is 0.199. The Morgan fingerprint density at radius 2 is 1.80 bits per heavy atom. The van der Waals surface area contributed by atoms with Crippen molar-refractivity contribution in [1.29, 1.82) is 0 Å². The standard InChI is InChI=1S/C21H20O4/c1-13-19(24-12-14-6-8-15(23-2)9-7-14)11-10-17-16-4-3-5-18(16)21(22)25-20(13)17/h6-11H,3-5,12H2,1-2H3. The topological polar surface area (TPSA) is 48.7 Å². The van der Waals surface area contributed by atoms with Crippen LogP contribution in [0, 0.1) is 6.92 Å². The molecule has 0 bridgehead atoms. The summed E-state index contributed by atoms with van der Waals surface area (Å²) in [6.45, 7) is 2.39. The molecule has 1 aliphatic carbocycles. The van der Waals surface area contributed by atoms with Gasteiger partial charge in [0, 0.05) is 16.5 Å². The fourth-order valence-electron chi connectivity index (χ4n) is 3.50. The highest BCUT2D eigenvalue weighted by Gasteiger charge is 2.21. The van der Waals surface area contributed by atoms with Crippen LogP contribution in [0.25, 0.3) is 11.0 Å². The van der Waals surface area contributed by atoms with Crippen LogP contribution in [-0.2, 0) is 19.4 Å². The molecule has 128 valence electrons. The van der Waals surface area contributed by atoms with E-state index >= 15 is 0 Å². The third-order valence-corrected chi connectivity index (χ3v) is 4.89. The Morgan fingerprint density at radius 1 is 1.04 bits per heavy atom. The highest BCUT2D eigenvalue weighted by atomic mass is 16.5. The van der Waals surface area contributed by atoms with Crippen molar-refractivity contribution in [2.24, 2.45) is 0 Å². The van der Waals surface area contributed by atoms with E-state index in [2.05, 4.69) is 0 Å². The zero-order valence-electron chi connectivity index (χ0n) is 14.4. The van der Waals surface area contributed by atoms with Gasteiger partial charge in [0.1, 0.15) is 23.7 Å². The molecule has 0 aliphatic heterocycles. The van der Waals surface area contributed by atoms with Crippen molar-refractivity contribution in [3.63, 3.8) is 0 Å². The van der Waals surface area contributed by atoms with E-state index in [4.69, 9.17) is 13.9 Å². The molecule has 4 heteroatoms. The van der Waals surface area contributed by atoms with Crippen molar-refractivity contribution in [2.45, 2.75) is 32.8 Å². The van der Waals surface area contributed by atoms with E-state index in [9.17, 15) is 4.79 Å². The lowest BCUT2D eigenvalue weighted by Crippen LogP contribution is -2.08. The Labute approximate surface area is 146 Å². The minimum Gasteiger partial charge on any atom is -0.497 e. The summed E-state index contributed by atoms with van der Waals surface area (Å²) in [6, 6.07) is 11.8. The zero-order valence-corrected chi connectivity index (χ0v) is 14.4. The van der Waals surface area contributed by atoms with Crippen LogP contribution in [0.2, 0.25) is 0 Å². The van der Waals surface area contributed by atoms with Gasteiger partial charge in [0.15, 0.2) is 0 Å². The van der Waals surface area contributed by atoms with Gasteiger partial charge in [-0.15, -0.1) is 0 Å². The van der Waals surface area contributed by atoms with Crippen LogP contribution in [-0.4, -0.2) is 7.11 Å². The van der Waals surface area contributed by atoms with Gasteiger partial charge in [-0.3, -0.25) is 0 Å². The van der Waals surface area contributed by atoms with Crippen LogP contribution in [0.3, 0.4) is 0 Å². The summed E-state index contributed by atoms with van der Waals surface area (Å²) < 4.78 is 16.7. The molecule has 1 aromatic heterocycles. The molecule has 0 N–H and O–H groups in total. The molecule has 0 radical (unpaired) electrons. The second-order valence-corrected chi connectivity index (χ2v) is 6.40. The van der Waals surface area contributed by atoms with Crippen molar-refractivity contribution in [3.8, 4) is 11.5 Å². The molecule has 1 heterocycles. The van der Waals surface area contributed by atoms with Crippen LogP contribution < -0.4 is 15.1 Å². The maximum atomic E-state index is 12.2. The van der Waals surface area contributed by atoms with Crippen molar-refractivity contribution in [1.82, 2.24) is 0 Å². The average molecular weight is 336 g/mol. The van der Waals surface area contributed by atoms with Crippen molar-refractivity contribution in [3.05, 3.63) is 69.1 Å².